The number of halogens is 1. The molecule has 0 saturated heterocycles. The highest BCUT2D eigenvalue weighted by atomic mass is 79.9. The van der Waals surface area contributed by atoms with Gasteiger partial charge in [0.2, 0.25) is 0 Å². The Balaban J connectivity index is 2.42. The van der Waals surface area contributed by atoms with Gasteiger partial charge < -0.3 is 0 Å². The Morgan fingerprint density at radius 3 is 2.38 bits per heavy atom. The van der Waals surface area contributed by atoms with E-state index >= 15 is 0 Å². The molecule has 2 heterocycles. The summed E-state index contributed by atoms with van der Waals surface area (Å²) in [4.78, 5) is 8.44. The van der Waals surface area contributed by atoms with E-state index in [1.54, 1.807) is 12.4 Å². The average molecular weight is 235 g/mol. The van der Waals surface area contributed by atoms with Crippen LogP contribution in [0.15, 0.2) is 47.2 Å². The zero-order chi connectivity index (χ0) is 9.10. The molecule has 0 bridgehead atoms. The predicted molar refractivity (Wildman–Crippen MR) is 55.2 cm³/mol. The van der Waals surface area contributed by atoms with Crippen molar-refractivity contribution in [1.82, 2.24) is 9.97 Å². The molecule has 0 fully saturated rings. The first-order valence-corrected chi connectivity index (χ1v) is 4.68. The molecule has 0 aliphatic rings. The predicted octanol–water partition coefficient (Wildman–Crippen LogP) is 2.91. The van der Waals surface area contributed by atoms with Crippen molar-refractivity contribution in [2.45, 2.75) is 0 Å². The van der Waals surface area contributed by atoms with Crippen LogP contribution in [0, 0.1) is 0 Å². The van der Waals surface area contributed by atoms with Crippen LogP contribution in [-0.2, 0) is 0 Å². The summed E-state index contributed by atoms with van der Waals surface area (Å²) in [6.07, 6.45) is 3.53. The fraction of sp³-hybridized carbons (Fsp3) is 0. The van der Waals surface area contributed by atoms with E-state index in [0.29, 0.717) is 0 Å². The molecule has 3 heteroatoms. The molecule has 0 atom stereocenters. The second-order valence-electron chi connectivity index (χ2n) is 2.58. The Hall–Kier alpha value is -1.22. The van der Waals surface area contributed by atoms with Crippen molar-refractivity contribution >= 4 is 15.9 Å². The fourth-order valence-electron chi connectivity index (χ4n) is 1.04. The summed E-state index contributed by atoms with van der Waals surface area (Å²) < 4.78 is 0.979. The number of pyridine rings is 2. The minimum absolute atomic E-state index is 0.892. The molecule has 2 aromatic rings. The molecule has 13 heavy (non-hydrogen) atoms. The molecule has 2 aromatic heterocycles. The van der Waals surface area contributed by atoms with Gasteiger partial charge in [0.15, 0.2) is 0 Å². The molecular formula is C10H7BrN2. The maximum atomic E-state index is 4.24. The van der Waals surface area contributed by atoms with E-state index in [4.69, 9.17) is 0 Å². The summed E-state index contributed by atoms with van der Waals surface area (Å²) in [6.45, 7) is 0. The lowest BCUT2D eigenvalue weighted by Gasteiger charge is -1.97. The van der Waals surface area contributed by atoms with E-state index < -0.39 is 0 Å². The van der Waals surface area contributed by atoms with Crippen LogP contribution in [0.2, 0.25) is 0 Å². The third-order valence-corrected chi connectivity index (χ3v) is 2.12. The molecule has 0 spiro atoms. The lowest BCUT2D eigenvalue weighted by molar-refractivity contribution is 1.24. The third kappa shape index (κ3) is 1.92. The molecule has 0 unspecified atom stereocenters. The molecule has 64 valence electrons. The topological polar surface area (TPSA) is 25.8 Å². The summed E-state index contributed by atoms with van der Waals surface area (Å²) in [6, 6.07) is 9.67. The van der Waals surface area contributed by atoms with E-state index in [0.717, 1.165) is 15.9 Å². The Morgan fingerprint density at radius 2 is 1.77 bits per heavy atom. The highest BCUT2D eigenvalue weighted by Gasteiger charge is 1.97. The molecule has 0 aliphatic heterocycles. The van der Waals surface area contributed by atoms with Gasteiger partial charge in [-0.1, -0.05) is 6.07 Å². The summed E-state index contributed by atoms with van der Waals surface area (Å²) in [5.74, 6) is 0. The van der Waals surface area contributed by atoms with Gasteiger partial charge in [0, 0.05) is 16.9 Å². The monoisotopic (exact) mass is 234 g/mol. The minimum atomic E-state index is 0.892. The summed E-state index contributed by atoms with van der Waals surface area (Å²) in [7, 11) is 0. The van der Waals surface area contributed by atoms with Crippen molar-refractivity contribution in [2.75, 3.05) is 0 Å². The third-order valence-electron chi connectivity index (χ3n) is 1.65. The van der Waals surface area contributed by atoms with Crippen LogP contribution in [0.1, 0.15) is 0 Å². The van der Waals surface area contributed by atoms with E-state index in [1.165, 1.54) is 0 Å². The van der Waals surface area contributed by atoms with Crippen LogP contribution in [0.5, 0.6) is 0 Å². The van der Waals surface area contributed by atoms with Gasteiger partial charge >= 0.3 is 0 Å². The number of rotatable bonds is 1. The second kappa shape index (κ2) is 3.66. The highest BCUT2D eigenvalue weighted by molar-refractivity contribution is 9.10. The quantitative estimate of drug-likeness (QED) is 0.759. The van der Waals surface area contributed by atoms with Crippen LogP contribution >= 0.6 is 15.9 Å². The van der Waals surface area contributed by atoms with Gasteiger partial charge in [-0.05, 0) is 40.2 Å². The van der Waals surface area contributed by atoms with Crippen LogP contribution in [-0.4, -0.2) is 9.97 Å². The number of aromatic nitrogens is 2. The highest BCUT2D eigenvalue weighted by Crippen LogP contribution is 2.15. The van der Waals surface area contributed by atoms with Crippen molar-refractivity contribution in [2.24, 2.45) is 0 Å². The zero-order valence-corrected chi connectivity index (χ0v) is 8.40. The van der Waals surface area contributed by atoms with Gasteiger partial charge in [-0.25, -0.2) is 0 Å². The Bertz CT molecular complexity index is 383. The average Bonchev–Trinajstić information content (AvgIpc) is 2.20. The molecule has 0 N–H and O–H groups in total. The fourth-order valence-corrected chi connectivity index (χ4v) is 1.28. The Labute approximate surface area is 84.8 Å². The molecular weight excluding hydrogens is 228 g/mol. The Kier molecular flexibility index (Phi) is 2.36. The Morgan fingerprint density at radius 1 is 0.923 bits per heavy atom. The van der Waals surface area contributed by atoms with Gasteiger partial charge in [-0.15, -0.1) is 0 Å². The van der Waals surface area contributed by atoms with Gasteiger partial charge in [0.1, 0.15) is 0 Å². The van der Waals surface area contributed by atoms with Crippen LogP contribution in [0.4, 0.5) is 0 Å². The normalized spacial score (nSPS) is 9.92. The van der Waals surface area contributed by atoms with Crippen molar-refractivity contribution in [3.8, 4) is 11.4 Å². The van der Waals surface area contributed by atoms with Gasteiger partial charge in [0.25, 0.3) is 0 Å². The maximum absolute atomic E-state index is 4.24. The lowest BCUT2D eigenvalue weighted by atomic mass is 10.2. The SMILES string of the molecule is Brc1ccc(-c2ccccn2)nc1. The van der Waals surface area contributed by atoms with E-state index in [-0.39, 0.29) is 0 Å². The molecule has 2 rings (SSSR count). The smallest absolute Gasteiger partial charge is 0.0886 e. The van der Waals surface area contributed by atoms with Crippen LogP contribution in [0.25, 0.3) is 11.4 Å². The standard InChI is InChI=1S/C10H7BrN2/c11-8-4-5-10(13-7-8)9-3-1-2-6-12-9/h1-7H. The molecule has 0 aromatic carbocycles. The zero-order valence-electron chi connectivity index (χ0n) is 6.81. The van der Waals surface area contributed by atoms with Crippen molar-refractivity contribution < 1.29 is 0 Å². The maximum Gasteiger partial charge on any atom is 0.0886 e. The van der Waals surface area contributed by atoms with E-state index in [9.17, 15) is 0 Å². The number of nitrogens with zero attached hydrogens (tertiary/aromatic N) is 2. The summed E-state index contributed by atoms with van der Waals surface area (Å²) in [5, 5.41) is 0. The summed E-state index contributed by atoms with van der Waals surface area (Å²) >= 11 is 3.34. The molecule has 0 amide bonds. The number of hydrogen-bond acceptors (Lipinski definition) is 2. The molecule has 2 nitrogen and oxygen atoms in total. The van der Waals surface area contributed by atoms with Crippen LogP contribution in [0.3, 0.4) is 0 Å². The van der Waals surface area contributed by atoms with E-state index in [1.807, 2.05) is 30.3 Å². The molecule has 0 aliphatic carbocycles. The number of hydrogen-bond donors (Lipinski definition) is 0. The lowest BCUT2D eigenvalue weighted by Crippen LogP contribution is -1.84. The van der Waals surface area contributed by atoms with Crippen molar-refractivity contribution in [3.05, 3.63) is 47.2 Å². The van der Waals surface area contributed by atoms with Crippen molar-refractivity contribution in [1.29, 1.82) is 0 Å². The van der Waals surface area contributed by atoms with Gasteiger partial charge in [0.05, 0.1) is 11.4 Å². The molecule has 0 radical (unpaired) electrons. The molecule has 0 saturated carbocycles. The first kappa shape index (κ1) is 8.38. The first-order chi connectivity index (χ1) is 6.36. The van der Waals surface area contributed by atoms with Gasteiger partial charge in [-0.3, -0.25) is 9.97 Å². The minimum Gasteiger partial charge on any atom is -0.255 e. The summed E-state index contributed by atoms with van der Waals surface area (Å²) in [5.41, 5.74) is 1.79. The van der Waals surface area contributed by atoms with Crippen molar-refractivity contribution in [3.63, 3.8) is 0 Å². The largest absolute Gasteiger partial charge is 0.255 e. The first-order valence-electron chi connectivity index (χ1n) is 3.89. The van der Waals surface area contributed by atoms with Crippen LogP contribution < -0.4 is 0 Å². The van der Waals surface area contributed by atoms with Gasteiger partial charge in [-0.2, -0.15) is 0 Å². The van der Waals surface area contributed by atoms with E-state index in [2.05, 4.69) is 25.9 Å². The second-order valence-corrected chi connectivity index (χ2v) is 3.49.